The van der Waals surface area contributed by atoms with E-state index in [1.165, 1.54) is 32.4 Å². The summed E-state index contributed by atoms with van der Waals surface area (Å²) in [6.45, 7) is 4.03. The summed E-state index contributed by atoms with van der Waals surface area (Å²) in [6, 6.07) is 7.80. The Morgan fingerprint density at radius 1 is 1.30 bits per heavy atom. The van der Waals surface area contributed by atoms with Gasteiger partial charge in [-0.3, -0.25) is 5.41 Å². The molecule has 0 radical (unpaired) electrons. The minimum Gasteiger partial charge on any atom is -0.497 e. The summed E-state index contributed by atoms with van der Waals surface area (Å²) < 4.78 is 10.7. The van der Waals surface area contributed by atoms with Crippen molar-refractivity contribution in [1.29, 1.82) is 5.41 Å². The summed E-state index contributed by atoms with van der Waals surface area (Å²) in [4.78, 5) is 10.1. The van der Waals surface area contributed by atoms with Crippen molar-refractivity contribution >= 4 is 12.0 Å². The lowest BCUT2D eigenvalue weighted by molar-refractivity contribution is 0.202. The number of nitrogens with zero attached hydrogens (tertiary/aromatic N) is 2. The molecular weight excluding hydrogens is 340 g/mol. The van der Waals surface area contributed by atoms with Crippen LogP contribution in [0.3, 0.4) is 0 Å². The first-order valence-electron chi connectivity index (χ1n) is 9.56. The average Bonchev–Trinajstić information content (AvgIpc) is 3.20. The molecule has 1 saturated heterocycles. The molecule has 1 aromatic heterocycles. The van der Waals surface area contributed by atoms with Gasteiger partial charge in [-0.25, -0.2) is 4.98 Å². The number of benzene rings is 1. The van der Waals surface area contributed by atoms with Crippen LogP contribution in [-0.2, 0) is 4.74 Å². The van der Waals surface area contributed by atoms with Crippen LogP contribution in [0.5, 0.6) is 5.75 Å². The number of hydrogen-bond acceptors (Lipinski definition) is 5. The number of nitrogens with one attached hydrogen (secondary N) is 2. The van der Waals surface area contributed by atoms with Gasteiger partial charge in [-0.05, 0) is 50.6 Å². The molecule has 2 N–H and O–H groups in total. The number of hydrogen-bond donors (Lipinski definition) is 2. The molecule has 0 atom stereocenters. The van der Waals surface area contributed by atoms with Gasteiger partial charge in [0.2, 0.25) is 5.90 Å². The van der Waals surface area contributed by atoms with Crippen LogP contribution in [0.2, 0.25) is 0 Å². The summed E-state index contributed by atoms with van der Waals surface area (Å²) in [5, 5.41) is 7.90. The third-order valence-corrected chi connectivity index (χ3v) is 4.69. The van der Waals surface area contributed by atoms with Gasteiger partial charge in [0, 0.05) is 18.2 Å². The lowest BCUT2D eigenvalue weighted by Crippen LogP contribution is -2.31. The van der Waals surface area contributed by atoms with Gasteiger partial charge in [-0.15, -0.1) is 0 Å². The first kappa shape index (κ1) is 19.2. The zero-order valence-electron chi connectivity index (χ0n) is 15.9. The summed E-state index contributed by atoms with van der Waals surface area (Å²) in [6.07, 6.45) is 10.1. The third-order valence-electron chi connectivity index (χ3n) is 4.69. The van der Waals surface area contributed by atoms with Crippen molar-refractivity contribution in [3.63, 3.8) is 0 Å². The fraction of sp³-hybridized carbons (Fsp3) is 0.429. The Hall–Kier alpha value is -2.60. The maximum atomic E-state index is 7.90. The smallest absolute Gasteiger partial charge is 0.205 e. The van der Waals surface area contributed by atoms with Gasteiger partial charge in [0.15, 0.2) is 0 Å². The van der Waals surface area contributed by atoms with Crippen LogP contribution in [0, 0.1) is 5.41 Å². The van der Waals surface area contributed by atoms with E-state index in [4.69, 9.17) is 14.9 Å². The average molecular weight is 368 g/mol. The van der Waals surface area contributed by atoms with Crippen LogP contribution in [0.15, 0.2) is 36.5 Å². The van der Waals surface area contributed by atoms with E-state index in [0.717, 1.165) is 30.0 Å². The lowest BCUT2D eigenvalue weighted by atomic mass is 10.1. The Morgan fingerprint density at radius 3 is 2.96 bits per heavy atom. The van der Waals surface area contributed by atoms with Crippen molar-refractivity contribution in [3.8, 4) is 17.0 Å². The Bertz CT molecular complexity index is 763. The molecule has 6 nitrogen and oxygen atoms in total. The molecule has 27 heavy (non-hydrogen) atoms. The molecule has 1 aromatic carbocycles. The van der Waals surface area contributed by atoms with E-state index >= 15 is 0 Å². The van der Waals surface area contributed by atoms with Gasteiger partial charge in [-0.2, -0.15) is 0 Å². The first-order valence-corrected chi connectivity index (χ1v) is 9.56. The highest BCUT2D eigenvalue weighted by atomic mass is 16.5. The number of likely N-dealkylation sites (tertiary alicyclic amines) is 1. The highest BCUT2D eigenvalue weighted by Gasteiger charge is 2.09. The Labute approximate surface area is 160 Å². The molecule has 6 heteroatoms. The van der Waals surface area contributed by atoms with Crippen LogP contribution in [0.4, 0.5) is 0 Å². The molecule has 1 aliphatic heterocycles. The zero-order chi connectivity index (χ0) is 18.9. The number of methoxy groups -OCH3 is 1. The molecule has 3 rings (SSSR count). The normalized spacial score (nSPS) is 15.1. The lowest BCUT2D eigenvalue weighted by Gasteiger charge is -2.26. The maximum Gasteiger partial charge on any atom is 0.205 e. The third kappa shape index (κ3) is 5.96. The number of imidazole rings is 1. The fourth-order valence-corrected chi connectivity index (χ4v) is 3.21. The molecule has 0 amide bonds. The summed E-state index contributed by atoms with van der Waals surface area (Å²) in [5.74, 6) is 1.65. The van der Waals surface area contributed by atoms with E-state index in [9.17, 15) is 0 Å². The first-order chi connectivity index (χ1) is 13.2. The second-order valence-electron chi connectivity index (χ2n) is 6.72. The molecule has 1 aliphatic rings. The molecule has 0 spiro atoms. The minimum absolute atomic E-state index is 0.160. The second kappa shape index (κ2) is 9.92. The summed E-state index contributed by atoms with van der Waals surface area (Å²) in [7, 11) is 1.65. The monoisotopic (exact) mass is 368 g/mol. The number of rotatable bonds is 8. The molecule has 0 saturated carbocycles. The number of piperidine rings is 1. The number of ether oxygens (including phenoxy) is 2. The predicted molar refractivity (Wildman–Crippen MR) is 108 cm³/mol. The summed E-state index contributed by atoms with van der Waals surface area (Å²) in [5.41, 5.74) is 1.91. The van der Waals surface area contributed by atoms with E-state index in [0.29, 0.717) is 12.4 Å². The SMILES string of the molecule is COc1cccc(-c2cnc(/C=C\C(=N)OCCCN3CCCCC3)[nH]2)c1. The van der Waals surface area contributed by atoms with E-state index in [1.54, 1.807) is 25.5 Å². The molecule has 2 aromatic rings. The van der Waals surface area contributed by atoms with Crippen LogP contribution >= 0.6 is 0 Å². The minimum atomic E-state index is 0.160. The number of aromatic amines is 1. The van der Waals surface area contributed by atoms with Crippen molar-refractivity contribution in [2.75, 3.05) is 33.4 Å². The van der Waals surface area contributed by atoms with Crippen molar-refractivity contribution in [2.24, 2.45) is 0 Å². The van der Waals surface area contributed by atoms with Crippen molar-refractivity contribution in [2.45, 2.75) is 25.7 Å². The van der Waals surface area contributed by atoms with Crippen molar-refractivity contribution in [3.05, 3.63) is 42.4 Å². The van der Waals surface area contributed by atoms with E-state index < -0.39 is 0 Å². The molecule has 0 bridgehead atoms. The maximum absolute atomic E-state index is 7.90. The highest BCUT2D eigenvalue weighted by molar-refractivity contribution is 5.88. The highest BCUT2D eigenvalue weighted by Crippen LogP contribution is 2.22. The quantitative estimate of drug-likeness (QED) is 0.420. The second-order valence-corrected chi connectivity index (χ2v) is 6.72. The summed E-state index contributed by atoms with van der Waals surface area (Å²) >= 11 is 0. The Kier molecular flexibility index (Phi) is 7.04. The largest absolute Gasteiger partial charge is 0.497 e. The van der Waals surface area contributed by atoms with E-state index in [2.05, 4.69) is 14.9 Å². The van der Waals surface area contributed by atoms with Crippen LogP contribution in [0.1, 0.15) is 31.5 Å². The van der Waals surface area contributed by atoms with Gasteiger partial charge in [0.25, 0.3) is 0 Å². The number of aromatic nitrogens is 2. The van der Waals surface area contributed by atoms with E-state index in [-0.39, 0.29) is 5.90 Å². The van der Waals surface area contributed by atoms with Crippen LogP contribution in [0.25, 0.3) is 17.3 Å². The standard InChI is InChI=1S/C21H28N4O2/c1-26-18-8-5-7-17(15-18)19-16-23-21(24-19)10-9-20(22)27-14-6-13-25-11-3-2-4-12-25/h5,7-10,15-16,22H,2-4,6,11-14H2,1H3,(H,23,24)/b10-9-,22-20?. The molecule has 0 aliphatic carbocycles. The number of H-pyrrole nitrogens is 1. The zero-order valence-corrected chi connectivity index (χ0v) is 15.9. The molecule has 0 unspecified atom stereocenters. The van der Waals surface area contributed by atoms with Crippen molar-refractivity contribution in [1.82, 2.24) is 14.9 Å². The molecule has 144 valence electrons. The molecular formula is C21H28N4O2. The molecule has 1 fully saturated rings. The van der Waals surface area contributed by atoms with Crippen LogP contribution in [-0.4, -0.2) is 54.1 Å². The fourth-order valence-electron chi connectivity index (χ4n) is 3.21. The van der Waals surface area contributed by atoms with Gasteiger partial charge >= 0.3 is 0 Å². The Morgan fingerprint density at radius 2 is 2.15 bits per heavy atom. The van der Waals surface area contributed by atoms with Crippen molar-refractivity contribution < 1.29 is 9.47 Å². The van der Waals surface area contributed by atoms with Gasteiger partial charge in [0.05, 0.1) is 25.6 Å². The predicted octanol–water partition coefficient (Wildman–Crippen LogP) is 3.97. The van der Waals surface area contributed by atoms with Crippen LogP contribution < -0.4 is 4.74 Å². The Balaban J connectivity index is 1.43. The molecule has 2 heterocycles. The van der Waals surface area contributed by atoms with E-state index in [1.807, 2.05) is 24.3 Å². The van der Waals surface area contributed by atoms with Gasteiger partial charge < -0.3 is 19.4 Å². The topological polar surface area (TPSA) is 74.2 Å². The van der Waals surface area contributed by atoms with Gasteiger partial charge in [-0.1, -0.05) is 18.6 Å². The van der Waals surface area contributed by atoms with Gasteiger partial charge in [0.1, 0.15) is 11.6 Å².